The summed E-state index contributed by atoms with van der Waals surface area (Å²) < 4.78 is 17.0. The normalized spacial score (nSPS) is 10.2. The van der Waals surface area contributed by atoms with E-state index in [1.165, 1.54) is 0 Å². The fourth-order valence-corrected chi connectivity index (χ4v) is 2.22. The summed E-state index contributed by atoms with van der Waals surface area (Å²) in [6, 6.07) is 13.3. The van der Waals surface area contributed by atoms with Crippen LogP contribution in [-0.4, -0.2) is 11.5 Å². The zero-order chi connectivity index (χ0) is 17.6. The quantitative estimate of drug-likeness (QED) is 0.648. The summed E-state index contributed by atoms with van der Waals surface area (Å²) in [6.45, 7) is 6.37. The highest BCUT2D eigenvalue weighted by molar-refractivity contribution is 5.54. The van der Waals surface area contributed by atoms with Gasteiger partial charge in [0.05, 0.1) is 0 Å². The Balaban J connectivity index is 1.72. The van der Waals surface area contributed by atoms with E-state index in [1.54, 1.807) is 18.2 Å². The van der Waals surface area contributed by atoms with Crippen molar-refractivity contribution in [1.82, 2.24) is 4.98 Å². The van der Waals surface area contributed by atoms with Crippen molar-refractivity contribution in [2.75, 3.05) is 11.9 Å². The van der Waals surface area contributed by atoms with Crippen molar-refractivity contribution in [2.45, 2.75) is 13.5 Å². The van der Waals surface area contributed by atoms with Crippen LogP contribution in [0.1, 0.15) is 17.0 Å². The lowest BCUT2D eigenvalue weighted by atomic mass is 10.2. The number of rotatable bonds is 7. The number of nitrogens with zero attached hydrogens (tertiary/aromatic N) is 2. The van der Waals surface area contributed by atoms with Gasteiger partial charge in [0.25, 0.3) is 5.89 Å². The van der Waals surface area contributed by atoms with Crippen LogP contribution < -0.4 is 10.1 Å². The van der Waals surface area contributed by atoms with Gasteiger partial charge in [-0.1, -0.05) is 18.2 Å². The van der Waals surface area contributed by atoms with Gasteiger partial charge in [-0.15, -0.1) is 6.58 Å². The largest absolute Gasteiger partial charge is 0.486 e. The summed E-state index contributed by atoms with van der Waals surface area (Å²) in [5.74, 6) is 2.38. The Labute approximate surface area is 145 Å². The Morgan fingerprint density at radius 3 is 2.96 bits per heavy atom. The van der Waals surface area contributed by atoms with Crippen molar-refractivity contribution in [3.8, 4) is 23.5 Å². The third kappa shape index (κ3) is 3.90. The van der Waals surface area contributed by atoms with E-state index in [4.69, 9.17) is 18.8 Å². The molecule has 0 aliphatic carbocycles. The van der Waals surface area contributed by atoms with Crippen molar-refractivity contribution in [3.63, 3.8) is 0 Å². The minimum absolute atomic E-state index is 0.172. The molecule has 0 saturated heterocycles. The molecule has 3 rings (SSSR count). The number of aryl methyl sites for hydroxylation is 1. The van der Waals surface area contributed by atoms with Gasteiger partial charge in [0, 0.05) is 6.54 Å². The Kier molecular flexibility index (Phi) is 4.86. The first-order valence-corrected chi connectivity index (χ1v) is 7.74. The van der Waals surface area contributed by atoms with Gasteiger partial charge in [0.2, 0.25) is 11.6 Å². The maximum Gasteiger partial charge on any atom is 0.266 e. The number of hydrogen-bond donors (Lipinski definition) is 1. The predicted octanol–water partition coefficient (Wildman–Crippen LogP) is 4.29. The maximum absolute atomic E-state index is 9.13. The van der Waals surface area contributed by atoms with Gasteiger partial charge >= 0.3 is 0 Å². The zero-order valence-electron chi connectivity index (χ0n) is 13.8. The van der Waals surface area contributed by atoms with Crippen LogP contribution in [0.3, 0.4) is 0 Å². The Bertz CT molecular complexity index is 918. The first-order valence-electron chi connectivity index (χ1n) is 7.74. The number of oxazole rings is 1. The van der Waals surface area contributed by atoms with Crippen molar-refractivity contribution in [1.29, 1.82) is 5.26 Å². The smallest absolute Gasteiger partial charge is 0.266 e. The van der Waals surface area contributed by atoms with Gasteiger partial charge in [0.15, 0.2) is 5.76 Å². The molecule has 0 fully saturated rings. The highest BCUT2D eigenvalue weighted by Crippen LogP contribution is 2.27. The van der Waals surface area contributed by atoms with Gasteiger partial charge in [0.1, 0.15) is 24.2 Å². The number of ether oxygens (including phenoxy) is 1. The van der Waals surface area contributed by atoms with Crippen LogP contribution in [0.2, 0.25) is 0 Å². The lowest BCUT2D eigenvalue weighted by Crippen LogP contribution is -1.97. The maximum atomic E-state index is 9.13. The number of furan rings is 1. The first-order chi connectivity index (χ1) is 12.2. The molecular weight excluding hydrogens is 318 g/mol. The van der Waals surface area contributed by atoms with Crippen molar-refractivity contribution < 1.29 is 13.6 Å². The summed E-state index contributed by atoms with van der Waals surface area (Å²) >= 11 is 0. The molecular formula is C19H17N3O3. The molecule has 0 unspecified atom stereocenters. The molecule has 0 amide bonds. The minimum atomic E-state index is 0.172. The number of nitriles is 1. The van der Waals surface area contributed by atoms with Crippen LogP contribution in [0.25, 0.3) is 11.7 Å². The molecule has 2 aromatic heterocycles. The molecule has 0 aliphatic heterocycles. The van der Waals surface area contributed by atoms with E-state index in [1.807, 2.05) is 37.3 Å². The van der Waals surface area contributed by atoms with Crippen molar-refractivity contribution in [3.05, 3.63) is 66.1 Å². The van der Waals surface area contributed by atoms with Gasteiger partial charge in [-0.2, -0.15) is 10.2 Å². The average Bonchev–Trinajstić information content (AvgIpc) is 3.24. The molecule has 2 heterocycles. The Hall–Kier alpha value is -3.46. The first kappa shape index (κ1) is 16.4. The molecule has 1 aromatic carbocycles. The number of benzene rings is 1. The van der Waals surface area contributed by atoms with Crippen LogP contribution in [0.4, 0.5) is 5.88 Å². The fourth-order valence-electron chi connectivity index (χ4n) is 2.22. The van der Waals surface area contributed by atoms with Crippen LogP contribution in [0.15, 0.2) is 57.9 Å². The molecule has 0 saturated carbocycles. The molecule has 0 bridgehead atoms. The molecule has 0 radical (unpaired) electrons. The minimum Gasteiger partial charge on any atom is -0.486 e. The standard InChI is InChI=1S/C19H17N3O3/c1-3-9-21-18-16(11-20)22-19(25-18)17-8-7-15(24-17)12-23-14-6-4-5-13(2)10-14/h3-8,10,21H,1,9,12H2,2H3. The van der Waals surface area contributed by atoms with E-state index in [2.05, 4.69) is 16.9 Å². The monoisotopic (exact) mass is 335 g/mol. The van der Waals surface area contributed by atoms with E-state index < -0.39 is 0 Å². The number of hydrogen-bond acceptors (Lipinski definition) is 6. The number of nitrogens with one attached hydrogen (secondary N) is 1. The highest BCUT2D eigenvalue weighted by Gasteiger charge is 2.17. The highest BCUT2D eigenvalue weighted by atomic mass is 16.5. The third-order valence-corrected chi connectivity index (χ3v) is 3.38. The van der Waals surface area contributed by atoms with Gasteiger partial charge < -0.3 is 18.9 Å². The van der Waals surface area contributed by atoms with E-state index in [0.29, 0.717) is 23.9 Å². The molecule has 6 heteroatoms. The number of anilines is 1. The predicted molar refractivity (Wildman–Crippen MR) is 93.1 cm³/mol. The van der Waals surface area contributed by atoms with E-state index in [9.17, 15) is 0 Å². The second-order valence-electron chi connectivity index (χ2n) is 5.35. The third-order valence-electron chi connectivity index (χ3n) is 3.38. The lowest BCUT2D eigenvalue weighted by molar-refractivity contribution is 0.271. The van der Waals surface area contributed by atoms with E-state index in [0.717, 1.165) is 11.3 Å². The summed E-state index contributed by atoms with van der Waals surface area (Å²) in [7, 11) is 0. The molecule has 3 aromatic rings. The fraction of sp³-hybridized carbons (Fsp3) is 0.158. The molecule has 6 nitrogen and oxygen atoms in total. The zero-order valence-corrected chi connectivity index (χ0v) is 13.8. The SMILES string of the molecule is C=CCNc1oc(-c2ccc(COc3cccc(C)c3)o2)nc1C#N. The molecule has 25 heavy (non-hydrogen) atoms. The van der Waals surface area contributed by atoms with Crippen molar-refractivity contribution in [2.24, 2.45) is 0 Å². The molecule has 1 N–H and O–H groups in total. The van der Waals surface area contributed by atoms with E-state index in [-0.39, 0.29) is 18.2 Å². The van der Waals surface area contributed by atoms with Crippen LogP contribution in [0, 0.1) is 18.3 Å². The van der Waals surface area contributed by atoms with Crippen LogP contribution >= 0.6 is 0 Å². The van der Waals surface area contributed by atoms with Gasteiger partial charge in [-0.05, 0) is 36.8 Å². The van der Waals surface area contributed by atoms with Crippen LogP contribution in [-0.2, 0) is 6.61 Å². The Morgan fingerprint density at radius 1 is 1.32 bits per heavy atom. The number of aromatic nitrogens is 1. The summed E-state index contributed by atoms with van der Waals surface area (Å²) in [5, 5.41) is 12.1. The van der Waals surface area contributed by atoms with Crippen LogP contribution in [0.5, 0.6) is 5.75 Å². The molecule has 0 atom stereocenters. The summed E-state index contributed by atoms with van der Waals surface area (Å²) in [4.78, 5) is 4.14. The Morgan fingerprint density at radius 2 is 2.20 bits per heavy atom. The van der Waals surface area contributed by atoms with E-state index >= 15 is 0 Å². The van der Waals surface area contributed by atoms with Crippen molar-refractivity contribution >= 4 is 5.88 Å². The second kappa shape index (κ2) is 7.41. The summed E-state index contributed by atoms with van der Waals surface area (Å²) in [6.07, 6.45) is 1.66. The second-order valence-corrected chi connectivity index (χ2v) is 5.35. The average molecular weight is 335 g/mol. The summed E-state index contributed by atoms with van der Waals surface area (Å²) in [5.41, 5.74) is 1.30. The molecule has 0 spiro atoms. The van der Waals surface area contributed by atoms with Gasteiger partial charge in [-0.25, -0.2) is 0 Å². The topological polar surface area (TPSA) is 84.2 Å². The molecule has 0 aliphatic rings. The van der Waals surface area contributed by atoms with Gasteiger partial charge in [-0.3, -0.25) is 0 Å². The molecule has 126 valence electrons. The lowest BCUT2D eigenvalue weighted by Gasteiger charge is -2.04.